The van der Waals surface area contributed by atoms with Gasteiger partial charge in [-0.3, -0.25) is 19.1 Å². The second-order valence-electron chi connectivity index (χ2n) is 18.7. The lowest BCUT2D eigenvalue weighted by Crippen LogP contribution is -2.70. The summed E-state index contributed by atoms with van der Waals surface area (Å²) in [5, 5.41) is 6.79. The second-order valence-corrected chi connectivity index (χ2v) is 20.9. The molecule has 7 rings (SSSR count). The van der Waals surface area contributed by atoms with E-state index in [1.807, 2.05) is 51.1 Å². The highest BCUT2D eigenvalue weighted by Gasteiger charge is 2.59. The molecule has 2 saturated carbocycles. The Labute approximate surface area is 365 Å². The minimum atomic E-state index is -4.02. The van der Waals surface area contributed by atoms with E-state index in [0.717, 1.165) is 41.4 Å². The molecule has 4 heterocycles. The first-order valence-electron chi connectivity index (χ1n) is 22.6. The highest BCUT2D eigenvalue weighted by molar-refractivity contribution is 7.91. The van der Waals surface area contributed by atoms with Gasteiger partial charge in [0.1, 0.15) is 40.8 Å². The standard InChI is InChI=1S/C46H65N5O10S/c1-7-35-39-33(34-26-32(16-17-36(34)47-35)59-25-13-24-58-6)19-20-45(61-39)27-38-40(52)49-46(42(54)50-62(56,57)44(5)22-23-44)21-18-31(46)14-11-9-8-10-12-15-37(41(53)51(38)28-45)48-43(55)60-30(4)29(2)3/h11,14,16-17,26,29-31,37-38H,7-10,12-13,15,18-25,27-28H2,1-6H3,(H,48,55)(H,49,52)(H,50,54). The number of fused-ring (bicyclic) bond motifs is 5. The molecule has 16 heteroatoms. The molecule has 3 aliphatic heterocycles. The van der Waals surface area contributed by atoms with Gasteiger partial charge in [0.25, 0.3) is 5.91 Å². The number of aryl methyl sites for hydroxylation is 2. The SMILES string of the molecule is CCc1nc2ccc(OCCCOC)cc2c2c1OC1(CC2)CC2C(=O)NC3(C(=O)NS(=O)(=O)C4(C)CC4)CCC3C=CCCCCCC(NC(=O)OC(C)C(C)C)C(=O)N2C1. The molecule has 1 aromatic carbocycles. The van der Waals surface area contributed by atoms with Crippen LogP contribution < -0.4 is 24.8 Å². The maximum absolute atomic E-state index is 15.0. The first kappa shape index (κ1) is 45.6. The number of carbonyl (C=O) groups is 4. The molecule has 0 bridgehead atoms. The van der Waals surface area contributed by atoms with Gasteiger partial charge >= 0.3 is 6.09 Å². The molecule has 3 fully saturated rings. The Balaban J connectivity index is 1.24. The number of ether oxygens (including phenoxy) is 4. The van der Waals surface area contributed by atoms with Gasteiger partial charge in [-0.05, 0) is 102 Å². The van der Waals surface area contributed by atoms with Gasteiger partial charge in [-0.15, -0.1) is 0 Å². The molecule has 4 amide bonds. The number of aromatic nitrogens is 1. The van der Waals surface area contributed by atoms with Crippen LogP contribution in [0.3, 0.4) is 0 Å². The first-order valence-corrected chi connectivity index (χ1v) is 24.1. The number of rotatable bonds is 12. The fourth-order valence-corrected chi connectivity index (χ4v) is 10.5. The van der Waals surface area contributed by atoms with E-state index in [2.05, 4.69) is 15.4 Å². The summed E-state index contributed by atoms with van der Waals surface area (Å²) in [5.41, 5.74) is -0.0126. The summed E-state index contributed by atoms with van der Waals surface area (Å²) in [5.74, 6) is -0.878. The van der Waals surface area contributed by atoms with E-state index < -0.39 is 73.8 Å². The number of benzene rings is 1. The van der Waals surface area contributed by atoms with E-state index in [0.29, 0.717) is 82.5 Å². The number of amides is 4. The molecule has 1 aromatic heterocycles. The van der Waals surface area contributed by atoms with Gasteiger partial charge in [0.15, 0.2) is 0 Å². The molecule has 5 aliphatic rings. The van der Waals surface area contributed by atoms with Crippen molar-refractivity contribution in [3.8, 4) is 11.5 Å². The van der Waals surface area contributed by atoms with Crippen LogP contribution >= 0.6 is 0 Å². The van der Waals surface area contributed by atoms with Crippen molar-refractivity contribution in [2.75, 3.05) is 26.9 Å². The molecule has 3 N–H and O–H groups in total. The van der Waals surface area contributed by atoms with Crippen LogP contribution in [0.1, 0.15) is 123 Å². The van der Waals surface area contributed by atoms with Crippen molar-refractivity contribution in [3.63, 3.8) is 0 Å². The van der Waals surface area contributed by atoms with Crippen molar-refractivity contribution in [2.24, 2.45) is 11.8 Å². The summed E-state index contributed by atoms with van der Waals surface area (Å²) < 4.78 is 52.1. The Hall–Kier alpha value is -4.44. The lowest BCUT2D eigenvalue weighted by molar-refractivity contribution is -0.144. The number of allylic oxidation sites excluding steroid dienone is 1. The summed E-state index contributed by atoms with van der Waals surface area (Å²) in [6.07, 6.45) is 10.2. The average Bonchev–Trinajstić information content (AvgIpc) is 3.90. The van der Waals surface area contributed by atoms with E-state index in [4.69, 9.17) is 23.9 Å². The van der Waals surface area contributed by atoms with E-state index in [-0.39, 0.29) is 25.3 Å². The number of hydrogen-bond acceptors (Lipinski definition) is 11. The van der Waals surface area contributed by atoms with Crippen LogP contribution in [0.4, 0.5) is 4.79 Å². The summed E-state index contributed by atoms with van der Waals surface area (Å²) in [7, 11) is -2.36. The molecule has 340 valence electrons. The lowest BCUT2D eigenvalue weighted by atomic mass is 9.65. The van der Waals surface area contributed by atoms with Crippen LogP contribution in [-0.4, -0.2) is 103 Å². The van der Waals surface area contributed by atoms with Gasteiger partial charge in [-0.25, -0.2) is 18.2 Å². The molecule has 2 aromatic rings. The number of sulfonamides is 1. The molecule has 15 nitrogen and oxygen atoms in total. The van der Waals surface area contributed by atoms with Crippen molar-refractivity contribution in [1.82, 2.24) is 25.2 Å². The topological polar surface area (TPSA) is 192 Å². The van der Waals surface area contributed by atoms with Crippen LogP contribution in [0, 0.1) is 11.8 Å². The summed E-state index contributed by atoms with van der Waals surface area (Å²) in [6, 6.07) is 3.73. The Kier molecular flexibility index (Phi) is 13.5. The Morgan fingerprint density at radius 1 is 1.06 bits per heavy atom. The van der Waals surface area contributed by atoms with Crippen LogP contribution in [0.25, 0.3) is 10.9 Å². The Morgan fingerprint density at radius 2 is 1.85 bits per heavy atom. The molecule has 1 spiro atoms. The molecule has 62 heavy (non-hydrogen) atoms. The third kappa shape index (κ3) is 9.27. The van der Waals surface area contributed by atoms with Crippen molar-refractivity contribution in [2.45, 2.75) is 159 Å². The number of nitrogens with zero attached hydrogens (tertiary/aromatic N) is 2. The fraction of sp³-hybridized carbons (Fsp3) is 0.674. The number of carbonyl (C=O) groups excluding carboxylic acids is 4. The van der Waals surface area contributed by atoms with Crippen LogP contribution in [0.2, 0.25) is 0 Å². The lowest BCUT2D eigenvalue weighted by Gasteiger charge is -2.48. The van der Waals surface area contributed by atoms with Crippen LogP contribution in [0.5, 0.6) is 11.5 Å². The predicted octanol–water partition coefficient (Wildman–Crippen LogP) is 5.80. The van der Waals surface area contributed by atoms with Crippen molar-refractivity contribution in [1.29, 1.82) is 0 Å². The maximum atomic E-state index is 15.0. The number of alkyl carbamates (subject to hydrolysis) is 1. The van der Waals surface area contributed by atoms with E-state index in [1.165, 1.54) is 4.90 Å². The van der Waals surface area contributed by atoms with Crippen molar-refractivity contribution < 1.29 is 46.5 Å². The van der Waals surface area contributed by atoms with E-state index in [9.17, 15) is 27.6 Å². The van der Waals surface area contributed by atoms with Crippen molar-refractivity contribution >= 4 is 44.7 Å². The third-order valence-electron chi connectivity index (χ3n) is 13.9. The zero-order valence-corrected chi connectivity index (χ0v) is 38.0. The quantitative estimate of drug-likeness (QED) is 0.173. The molecule has 6 atom stereocenters. The number of hydrogen-bond donors (Lipinski definition) is 3. The minimum absolute atomic E-state index is 0.0398. The molecule has 0 radical (unpaired) electrons. The van der Waals surface area contributed by atoms with E-state index in [1.54, 1.807) is 21.0 Å². The highest BCUT2D eigenvalue weighted by atomic mass is 32.2. The smallest absolute Gasteiger partial charge is 0.408 e. The summed E-state index contributed by atoms with van der Waals surface area (Å²) in [6.45, 7) is 10.4. The molecule has 1 saturated heterocycles. The first-order chi connectivity index (χ1) is 29.5. The molecular formula is C46H65N5O10S. The van der Waals surface area contributed by atoms with Gasteiger partial charge < -0.3 is 34.5 Å². The molecular weight excluding hydrogens is 815 g/mol. The second kappa shape index (κ2) is 18.3. The predicted molar refractivity (Wildman–Crippen MR) is 233 cm³/mol. The number of methoxy groups -OCH3 is 1. The fourth-order valence-electron chi connectivity index (χ4n) is 9.15. The van der Waals surface area contributed by atoms with Gasteiger partial charge in [-0.1, -0.05) is 45.8 Å². The molecule has 2 aliphatic carbocycles. The Bertz CT molecular complexity index is 2180. The van der Waals surface area contributed by atoms with Crippen molar-refractivity contribution in [3.05, 3.63) is 41.6 Å². The third-order valence-corrected chi connectivity index (χ3v) is 16.1. The highest BCUT2D eigenvalue weighted by Crippen LogP contribution is 2.47. The number of pyridine rings is 1. The van der Waals surface area contributed by atoms with Crippen LogP contribution in [0.15, 0.2) is 30.4 Å². The zero-order valence-electron chi connectivity index (χ0n) is 37.2. The van der Waals surface area contributed by atoms with Gasteiger partial charge in [0.05, 0.1) is 29.1 Å². The Morgan fingerprint density at radius 3 is 2.55 bits per heavy atom. The largest absolute Gasteiger partial charge is 0.493 e. The van der Waals surface area contributed by atoms with Gasteiger partial charge in [-0.2, -0.15) is 0 Å². The number of nitrogens with one attached hydrogen (secondary N) is 3. The summed E-state index contributed by atoms with van der Waals surface area (Å²) >= 11 is 0. The minimum Gasteiger partial charge on any atom is -0.493 e. The average molecular weight is 880 g/mol. The summed E-state index contributed by atoms with van der Waals surface area (Å²) in [4.78, 5) is 64.1. The van der Waals surface area contributed by atoms with E-state index >= 15 is 0 Å². The maximum Gasteiger partial charge on any atom is 0.408 e. The van der Waals surface area contributed by atoms with Gasteiger partial charge in [0, 0.05) is 43.4 Å². The van der Waals surface area contributed by atoms with Gasteiger partial charge in [0.2, 0.25) is 21.8 Å². The monoisotopic (exact) mass is 879 g/mol. The normalized spacial score (nSPS) is 27.7. The molecule has 6 unspecified atom stereocenters. The zero-order chi connectivity index (χ0) is 44.5. The van der Waals surface area contributed by atoms with Crippen LogP contribution in [-0.2, 0) is 46.7 Å².